The summed E-state index contributed by atoms with van der Waals surface area (Å²) in [7, 11) is 0. The van der Waals surface area contributed by atoms with E-state index >= 15 is 0 Å². The largest absolute Gasteiger partial charge is 0.493 e. The molecule has 3 heteroatoms. The molecule has 0 spiro atoms. The Morgan fingerprint density at radius 1 is 0.944 bits per heavy atom. The molecule has 0 N–H and O–H groups in total. The summed E-state index contributed by atoms with van der Waals surface area (Å²) >= 11 is 0. The zero-order valence-corrected chi connectivity index (χ0v) is 24.0. The third-order valence-electron chi connectivity index (χ3n) is 7.40. The zero-order valence-electron chi connectivity index (χ0n) is 24.0. The molecule has 0 aromatic heterocycles. The number of ether oxygens (including phenoxy) is 2. The van der Waals surface area contributed by atoms with Gasteiger partial charge in [-0.15, -0.1) is 0 Å². The lowest BCUT2D eigenvalue weighted by Gasteiger charge is -2.23. The van der Waals surface area contributed by atoms with Crippen LogP contribution < -0.4 is 4.74 Å². The van der Waals surface area contributed by atoms with E-state index in [-0.39, 0.29) is 17.8 Å². The summed E-state index contributed by atoms with van der Waals surface area (Å²) < 4.78 is 27.0. The van der Waals surface area contributed by atoms with Crippen LogP contribution in [0.4, 0.5) is 4.39 Å². The zero-order chi connectivity index (χ0) is 26.7. The summed E-state index contributed by atoms with van der Waals surface area (Å²) in [4.78, 5) is 0. The first-order valence-electron chi connectivity index (χ1n) is 14.0. The lowest BCUT2D eigenvalue weighted by molar-refractivity contribution is 0.000998. The van der Waals surface area contributed by atoms with Crippen LogP contribution in [0.25, 0.3) is 11.6 Å². The average molecular weight is 497 g/mol. The molecular weight excluding hydrogens is 447 g/mol. The fourth-order valence-electron chi connectivity index (χ4n) is 4.31. The van der Waals surface area contributed by atoms with E-state index in [1.807, 2.05) is 19.1 Å². The molecule has 0 saturated heterocycles. The number of rotatable bonds is 15. The van der Waals surface area contributed by atoms with Crippen LogP contribution in [0.5, 0.6) is 5.75 Å². The molecule has 2 aromatic rings. The van der Waals surface area contributed by atoms with Crippen molar-refractivity contribution in [3.8, 4) is 5.75 Å². The third-order valence-corrected chi connectivity index (χ3v) is 7.40. The van der Waals surface area contributed by atoms with E-state index in [0.717, 1.165) is 29.9 Å². The van der Waals surface area contributed by atoms with Gasteiger partial charge in [-0.1, -0.05) is 78.2 Å². The van der Waals surface area contributed by atoms with Gasteiger partial charge in [-0.05, 0) is 79.8 Å². The van der Waals surface area contributed by atoms with Crippen molar-refractivity contribution in [2.45, 2.75) is 93.6 Å². The highest BCUT2D eigenvalue weighted by Crippen LogP contribution is 2.26. The van der Waals surface area contributed by atoms with Crippen molar-refractivity contribution in [3.63, 3.8) is 0 Å². The van der Waals surface area contributed by atoms with Crippen molar-refractivity contribution in [1.29, 1.82) is 0 Å². The van der Waals surface area contributed by atoms with Gasteiger partial charge in [-0.3, -0.25) is 0 Å². The molecule has 0 amide bonds. The molecule has 4 unspecified atom stereocenters. The smallest absolute Gasteiger partial charge is 0.134 e. The van der Waals surface area contributed by atoms with Crippen LogP contribution in [0.3, 0.4) is 0 Å². The molecule has 2 nitrogen and oxygen atoms in total. The minimum atomic E-state index is -0.255. The Hall–Kier alpha value is -2.13. The molecule has 36 heavy (non-hydrogen) atoms. The van der Waals surface area contributed by atoms with Crippen LogP contribution in [-0.4, -0.2) is 19.3 Å². The molecule has 2 rings (SSSR count). The predicted octanol–water partition coefficient (Wildman–Crippen LogP) is 9.53. The number of hydrogen-bond donors (Lipinski definition) is 0. The summed E-state index contributed by atoms with van der Waals surface area (Å²) in [5.74, 6) is 1.86. The molecule has 0 aliphatic rings. The Labute approximate surface area is 220 Å². The summed E-state index contributed by atoms with van der Waals surface area (Å²) in [5.41, 5.74) is 5.21. The fourth-order valence-corrected chi connectivity index (χ4v) is 4.31. The second-order valence-corrected chi connectivity index (χ2v) is 10.9. The van der Waals surface area contributed by atoms with Gasteiger partial charge in [0.2, 0.25) is 0 Å². The van der Waals surface area contributed by atoms with Gasteiger partial charge in [0, 0.05) is 17.5 Å². The fraction of sp³-hybridized carbons (Fsp3) is 0.576. The molecule has 0 aliphatic heterocycles. The maximum atomic E-state index is 14.9. The number of aryl methyl sites for hydroxylation is 2. The Kier molecular flexibility index (Phi) is 12.7. The molecule has 0 saturated carbocycles. The Balaban J connectivity index is 1.88. The van der Waals surface area contributed by atoms with Crippen molar-refractivity contribution < 1.29 is 13.9 Å². The van der Waals surface area contributed by atoms with Crippen molar-refractivity contribution in [3.05, 3.63) is 64.5 Å². The van der Waals surface area contributed by atoms with E-state index in [4.69, 9.17) is 9.47 Å². The molecule has 0 bridgehead atoms. The summed E-state index contributed by atoms with van der Waals surface area (Å²) in [5, 5.41) is 0. The molecule has 0 radical (unpaired) electrons. The SMILES string of the molecule is CCCc1ccc(/C=C(\C)c2ccc(OCC(C)COC(C)C(C)CCC(C)CC)cc2F)c(C)c1. The molecule has 2 aromatic carbocycles. The lowest BCUT2D eigenvalue weighted by atomic mass is 9.93. The van der Waals surface area contributed by atoms with Crippen molar-refractivity contribution >= 4 is 11.6 Å². The molecule has 4 atom stereocenters. The standard InChI is InChI=1S/C33H49FO2/c1-9-11-29-14-15-30(26(6)18-29)19-27(7)32-17-16-31(20-33(32)34)36-22-24(4)21-35-28(8)25(5)13-12-23(3)10-2/h14-20,23-25,28H,9-13,21-22H2,1-8H3/b27-19+. The van der Waals surface area contributed by atoms with Crippen molar-refractivity contribution in [2.24, 2.45) is 17.8 Å². The summed E-state index contributed by atoms with van der Waals surface area (Å²) in [6, 6.07) is 11.7. The molecule has 0 heterocycles. The quantitative estimate of drug-likeness (QED) is 0.229. The van der Waals surface area contributed by atoms with Crippen LogP contribution in [0.15, 0.2) is 36.4 Å². The van der Waals surface area contributed by atoms with Crippen LogP contribution in [-0.2, 0) is 11.2 Å². The second-order valence-electron chi connectivity index (χ2n) is 10.9. The van der Waals surface area contributed by atoms with E-state index in [0.29, 0.717) is 30.4 Å². The normalized spacial score (nSPS) is 15.4. The average Bonchev–Trinajstić information content (AvgIpc) is 2.85. The van der Waals surface area contributed by atoms with E-state index in [1.54, 1.807) is 0 Å². The van der Waals surface area contributed by atoms with Gasteiger partial charge in [0.15, 0.2) is 0 Å². The van der Waals surface area contributed by atoms with E-state index < -0.39 is 0 Å². The Bertz CT molecular complexity index is 964. The first-order chi connectivity index (χ1) is 17.1. The van der Waals surface area contributed by atoms with Crippen LogP contribution >= 0.6 is 0 Å². The molecule has 200 valence electrons. The van der Waals surface area contributed by atoms with Gasteiger partial charge in [-0.2, -0.15) is 0 Å². The summed E-state index contributed by atoms with van der Waals surface area (Å²) in [6.07, 6.45) is 8.20. The van der Waals surface area contributed by atoms with Gasteiger partial charge >= 0.3 is 0 Å². The number of benzene rings is 2. The first kappa shape index (κ1) is 30.1. The van der Waals surface area contributed by atoms with Gasteiger partial charge < -0.3 is 9.47 Å². The minimum Gasteiger partial charge on any atom is -0.493 e. The van der Waals surface area contributed by atoms with Gasteiger partial charge in [0.1, 0.15) is 11.6 Å². The summed E-state index contributed by atoms with van der Waals surface area (Å²) in [6.45, 7) is 18.5. The van der Waals surface area contributed by atoms with Gasteiger partial charge in [0.25, 0.3) is 0 Å². The van der Waals surface area contributed by atoms with E-state index in [1.165, 1.54) is 36.5 Å². The van der Waals surface area contributed by atoms with Crippen LogP contribution in [0, 0.1) is 30.5 Å². The van der Waals surface area contributed by atoms with Crippen molar-refractivity contribution in [2.75, 3.05) is 13.2 Å². The molecular formula is C33H49FO2. The Morgan fingerprint density at radius 2 is 1.69 bits per heavy atom. The van der Waals surface area contributed by atoms with Gasteiger partial charge in [-0.25, -0.2) is 4.39 Å². The maximum Gasteiger partial charge on any atom is 0.134 e. The third kappa shape index (κ3) is 9.73. The number of hydrogen-bond acceptors (Lipinski definition) is 2. The number of halogens is 1. The Morgan fingerprint density at radius 3 is 2.33 bits per heavy atom. The predicted molar refractivity (Wildman–Crippen MR) is 153 cm³/mol. The second kappa shape index (κ2) is 15.2. The van der Waals surface area contributed by atoms with E-state index in [9.17, 15) is 4.39 Å². The highest BCUT2D eigenvalue weighted by molar-refractivity contribution is 5.81. The maximum absolute atomic E-state index is 14.9. The van der Waals surface area contributed by atoms with Crippen LogP contribution in [0.1, 0.15) is 96.4 Å². The number of allylic oxidation sites excluding steroid dienone is 1. The lowest BCUT2D eigenvalue weighted by Crippen LogP contribution is -2.24. The van der Waals surface area contributed by atoms with Gasteiger partial charge in [0.05, 0.1) is 19.3 Å². The van der Waals surface area contributed by atoms with Crippen LogP contribution in [0.2, 0.25) is 0 Å². The highest BCUT2D eigenvalue weighted by Gasteiger charge is 2.16. The molecule has 0 aliphatic carbocycles. The topological polar surface area (TPSA) is 18.5 Å². The first-order valence-corrected chi connectivity index (χ1v) is 14.0. The van der Waals surface area contributed by atoms with E-state index in [2.05, 4.69) is 72.7 Å². The highest BCUT2D eigenvalue weighted by atomic mass is 19.1. The minimum absolute atomic E-state index is 0.231. The monoisotopic (exact) mass is 496 g/mol. The van der Waals surface area contributed by atoms with Crippen molar-refractivity contribution in [1.82, 2.24) is 0 Å². The molecule has 0 fully saturated rings.